The predicted octanol–water partition coefficient (Wildman–Crippen LogP) is 3.10. The number of carbonyl (C=O) groups excluding carboxylic acids is 1. The summed E-state index contributed by atoms with van der Waals surface area (Å²) in [6.45, 7) is 7.87. The standard InChI is InChI=1S/C18H28N2O4/c1-13(10-11-16(21)22)19-12-15(14-8-6-5-7-9-14)20-17(23)24-18(2,3)4/h5-9,13,15,19H,10-12H2,1-4H3,(H,20,23)(H,21,22). The average molecular weight is 336 g/mol. The summed E-state index contributed by atoms with van der Waals surface area (Å²) in [6.07, 6.45) is 0.170. The number of carboxylic acids is 1. The van der Waals surface area contributed by atoms with Gasteiger partial charge in [-0.2, -0.15) is 0 Å². The highest BCUT2D eigenvalue weighted by atomic mass is 16.6. The van der Waals surface area contributed by atoms with Crippen molar-refractivity contribution in [3.05, 3.63) is 35.9 Å². The van der Waals surface area contributed by atoms with Crippen LogP contribution >= 0.6 is 0 Å². The van der Waals surface area contributed by atoms with Crippen LogP contribution in [0.25, 0.3) is 0 Å². The first kappa shape index (κ1) is 20.0. The molecule has 134 valence electrons. The molecule has 0 heterocycles. The first-order valence-corrected chi connectivity index (χ1v) is 8.17. The van der Waals surface area contributed by atoms with Crippen molar-refractivity contribution in [1.82, 2.24) is 10.6 Å². The van der Waals surface area contributed by atoms with Crippen LogP contribution in [0.5, 0.6) is 0 Å². The molecule has 0 aliphatic heterocycles. The van der Waals surface area contributed by atoms with Gasteiger partial charge >= 0.3 is 12.1 Å². The molecule has 1 rings (SSSR count). The van der Waals surface area contributed by atoms with Crippen molar-refractivity contribution in [2.24, 2.45) is 0 Å². The Balaban J connectivity index is 2.66. The molecule has 0 fully saturated rings. The maximum absolute atomic E-state index is 12.1. The summed E-state index contributed by atoms with van der Waals surface area (Å²) in [7, 11) is 0. The van der Waals surface area contributed by atoms with Crippen LogP contribution in [0.3, 0.4) is 0 Å². The Bertz CT molecular complexity index is 526. The molecule has 2 unspecified atom stereocenters. The van der Waals surface area contributed by atoms with Crippen LogP contribution in [-0.2, 0) is 9.53 Å². The highest BCUT2D eigenvalue weighted by Gasteiger charge is 2.21. The van der Waals surface area contributed by atoms with Gasteiger partial charge in [0.25, 0.3) is 0 Å². The Morgan fingerprint density at radius 1 is 1.21 bits per heavy atom. The van der Waals surface area contributed by atoms with Gasteiger partial charge in [-0.15, -0.1) is 0 Å². The van der Waals surface area contributed by atoms with Gasteiger partial charge in [-0.05, 0) is 39.7 Å². The average Bonchev–Trinajstić information content (AvgIpc) is 2.48. The second kappa shape index (κ2) is 9.27. The Hall–Kier alpha value is -2.08. The summed E-state index contributed by atoms with van der Waals surface area (Å²) in [4.78, 5) is 22.7. The van der Waals surface area contributed by atoms with Crippen LogP contribution < -0.4 is 10.6 Å². The van der Waals surface area contributed by atoms with Gasteiger partial charge in [0.05, 0.1) is 6.04 Å². The van der Waals surface area contributed by atoms with E-state index in [1.165, 1.54) is 0 Å². The lowest BCUT2D eigenvalue weighted by Gasteiger charge is -2.25. The molecule has 0 aliphatic rings. The summed E-state index contributed by atoms with van der Waals surface area (Å²) in [5.41, 5.74) is 0.398. The van der Waals surface area contributed by atoms with Gasteiger partial charge < -0.3 is 20.5 Å². The van der Waals surface area contributed by atoms with Crippen molar-refractivity contribution in [2.75, 3.05) is 6.54 Å². The number of benzene rings is 1. The highest BCUT2D eigenvalue weighted by molar-refractivity contribution is 5.68. The van der Waals surface area contributed by atoms with Crippen molar-refractivity contribution in [3.63, 3.8) is 0 Å². The third-order valence-electron chi connectivity index (χ3n) is 3.35. The zero-order valence-electron chi connectivity index (χ0n) is 14.8. The fraction of sp³-hybridized carbons (Fsp3) is 0.556. The maximum Gasteiger partial charge on any atom is 0.408 e. The second-order valence-corrected chi connectivity index (χ2v) is 6.85. The van der Waals surface area contributed by atoms with Crippen molar-refractivity contribution >= 4 is 12.1 Å². The predicted molar refractivity (Wildman–Crippen MR) is 92.9 cm³/mol. The van der Waals surface area contributed by atoms with Gasteiger partial charge in [0.15, 0.2) is 0 Å². The molecular formula is C18H28N2O4. The number of carboxylic acid groups (broad SMARTS) is 1. The van der Waals surface area contributed by atoms with Gasteiger partial charge in [-0.3, -0.25) is 4.79 Å². The zero-order chi connectivity index (χ0) is 18.2. The van der Waals surface area contributed by atoms with E-state index < -0.39 is 17.7 Å². The minimum Gasteiger partial charge on any atom is -0.481 e. The number of carbonyl (C=O) groups is 2. The summed E-state index contributed by atoms with van der Waals surface area (Å²) < 4.78 is 5.32. The molecule has 2 atom stereocenters. The molecule has 0 spiro atoms. The second-order valence-electron chi connectivity index (χ2n) is 6.85. The van der Waals surface area contributed by atoms with E-state index in [1.807, 2.05) is 58.0 Å². The van der Waals surface area contributed by atoms with Gasteiger partial charge in [0.2, 0.25) is 0 Å². The van der Waals surface area contributed by atoms with Crippen LogP contribution in [0, 0.1) is 0 Å². The molecule has 6 nitrogen and oxygen atoms in total. The Kier molecular flexibility index (Phi) is 7.71. The SMILES string of the molecule is CC(CCC(=O)O)NCC(NC(=O)OC(C)(C)C)c1ccccc1. The molecule has 0 saturated carbocycles. The third kappa shape index (κ3) is 8.53. The van der Waals surface area contributed by atoms with Gasteiger partial charge in [0, 0.05) is 19.0 Å². The van der Waals surface area contributed by atoms with Crippen LogP contribution in [0.15, 0.2) is 30.3 Å². The molecule has 1 aromatic carbocycles. The van der Waals surface area contributed by atoms with E-state index in [1.54, 1.807) is 0 Å². The number of ether oxygens (including phenoxy) is 1. The molecule has 0 aliphatic carbocycles. The van der Waals surface area contributed by atoms with Gasteiger partial charge in [0.1, 0.15) is 5.60 Å². The molecule has 1 amide bonds. The molecule has 0 aromatic heterocycles. The molecule has 0 saturated heterocycles. The maximum atomic E-state index is 12.1. The molecular weight excluding hydrogens is 308 g/mol. The van der Waals surface area contributed by atoms with E-state index in [0.29, 0.717) is 13.0 Å². The van der Waals surface area contributed by atoms with Gasteiger partial charge in [-0.1, -0.05) is 30.3 Å². The molecule has 3 N–H and O–H groups in total. The summed E-state index contributed by atoms with van der Waals surface area (Å²) in [6, 6.07) is 9.38. The minimum absolute atomic E-state index is 0.0350. The Morgan fingerprint density at radius 3 is 2.38 bits per heavy atom. The van der Waals surface area contributed by atoms with E-state index in [2.05, 4.69) is 10.6 Å². The van der Waals surface area contributed by atoms with Crippen molar-refractivity contribution in [1.29, 1.82) is 0 Å². The van der Waals surface area contributed by atoms with Crippen LogP contribution in [0.4, 0.5) is 4.79 Å². The largest absolute Gasteiger partial charge is 0.481 e. The van der Waals surface area contributed by atoms with E-state index in [4.69, 9.17) is 9.84 Å². The molecule has 6 heteroatoms. The molecule has 24 heavy (non-hydrogen) atoms. The Labute approximate surface area is 143 Å². The topological polar surface area (TPSA) is 87.7 Å². The molecule has 0 bridgehead atoms. The van der Waals surface area contributed by atoms with Gasteiger partial charge in [-0.25, -0.2) is 4.79 Å². The van der Waals surface area contributed by atoms with E-state index in [-0.39, 0.29) is 18.5 Å². The van der Waals surface area contributed by atoms with Crippen LogP contribution in [-0.4, -0.2) is 35.4 Å². The summed E-state index contributed by atoms with van der Waals surface area (Å²) >= 11 is 0. The van der Waals surface area contributed by atoms with Crippen LogP contribution in [0.1, 0.15) is 52.1 Å². The van der Waals surface area contributed by atoms with E-state index >= 15 is 0 Å². The smallest absolute Gasteiger partial charge is 0.408 e. The number of amides is 1. The normalized spacial score (nSPS) is 13.8. The van der Waals surface area contributed by atoms with Crippen molar-refractivity contribution < 1.29 is 19.4 Å². The first-order valence-electron chi connectivity index (χ1n) is 8.17. The van der Waals surface area contributed by atoms with Crippen molar-refractivity contribution in [2.45, 2.75) is 58.2 Å². The molecule has 1 aromatic rings. The van der Waals surface area contributed by atoms with E-state index in [0.717, 1.165) is 5.56 Å². The highest BCUT2D eigenvalue weighted by Crippen LogP contribution is 2.14. The summed E-state index contributed by atoms with van der Waals surface area (Å²) in [5.74, 6) is -0.810. The first-order chi connectivity index (χ1) is 11.2. The quantitative estimate of drug-likeness (QED) is 0.679. The lowest BCUT2D eigenvalue weighted by molar-refractivity contribution is -0.137. The lowest BCUT2D eigenvalue weighted by atomic mass is 10.1. The Morgan fingerprint density at radius 2 is 1.83 bits per heavy atom. The number of nitrogens with one attached hydrogen (secondary N) is 2. The fourth-order valence-electron chi connectivity index (χ4n) is 2.15. The molecule has 0 radical (unpaired) electrons. The minimum atomic E-state index is -0.810. The fourth-order valence-corrected chi connectivity index (χ4v) is 2.15. The number of hydrogen-bond acceptors (Lipinski definition) is 4. The number of alkyl carbamates (subject to hydrolysis) is 1. The lowest BCUT2D eigenvalue weighted by Crippen LogP contribution is -2.41. The van der Waals surface area contributed by atoms with Crippen molar-refractivity contribution in [3.8, 4) is 0 Å². The van der Waals surface area contributed by atoms with E-state index in [9.17, 15) is 9.59 Å². The monoisotopic (exact) mass is 336 g/mol. The number of hydrogen-bond donors (Lipinski definition) is 3. The number of rotatable bonds is 8. The number of aliphatic carboxylic acids is 1. The summed E-state index contributed by atoms with van der Waals surface area (Å²) in [5, 5.41) is 14.9. The van der Waals surface area contributed by atoms with Crippen LogP contribution in [0.2, 0.25) is 0 Å². The zero-order valence-corrected chi connectivity index (χ0v) is 14.8. The third-order valence-corrected chi connectivity index (χ3v) is 3.35.